The molecular formula is C23H20F2N6O2. The first-order chi connectivity index (χ1) is 15.8. The Morgan fingerprint density at radius 3 is 2.48 bits per heavy atom. The molecule has 1 aliphatic carbocycles. The Balaban J connectivity index is 1.40. The van der Waals surface area contributed by atoms with Crippen LogP contribution in [0.25, 0.3) is 0 Å². The number of nitrogen functional groups attached to an aromatic ring is 1. The van der Waals surface area contributed by atoms with Crippen LogP contribution in [0.15, 0.2) is 42.6 Å². The summed E-state index contributed by atoms with van der Waals surface area (Å²) < 4.78 is 26.5. The number of fused-ring (bicyclic) bond motifs is 2. The quantitative estimate of drug-likeness (QED) is 0.561. The molecule has 0 radical (unpaired) electrons. The maximum absolute atomic E-state index is 13.4. The van der Waals surface area contributed by atoms with Crippen molar-refractivity contribution >= 4 is 34.9 Å². The van der Waals surface area contributed by atoms with Crippen LogP contribution in [0.5, 0.6) is 0 Å². The van der Waals surface area contributed by atoms with Crippen LogP contribution < -0.4 is 21.3 Å². The summed E-state index contributed by atoms with van der Waals surface area (Å²) in [6.45, 7) is 2.17. The fourth-order valence-corrected chi connectivity index (χ4v) is 4.17. The lowest BCUT2D eigenvalue weighted by atomic mass is 9.91. The summed E-state index contributed by atoms with van der Waals surface area (Å²) in [5.41, 5.74) is 8.67. The van der Waals surface area contributed by atoms with Crippen molar-refractivity contribution in [3.63, 3.8) is 0 Å². The summed E-state index contributed by atoms with van der Waals surface area (Å²) in [5.74, 6) is -1.97. The Morgan fingerprint density at radius 2 is 1.79 bits per heavy atom. The second kappa shape index (κ2) is 7.51. The van der Waals surface area contributed by atoms with E-state index in [2.05, 4.69) is 20.6 Å². The van der Waals surface area contributed by atoms with Gasteiger partial charge in [-0.25, -0.2) is 23.5 Å². The topological polar surface area (TPSA) is 113 Å². The van der Waals surface area contributed by atoms with Crippen LogP contribution in [0.1, 0.15) is 29.7 Å². The van der Waals surface area contributed by atoms with Crippen molar-refractivity contribution in [1.29, 1.82) is 0 Å². The number of nitrogens with two attached hydrogens (primary N) is 1. The molecule has 0 saturated heterocycles. The fourth-order valence-electron chi connectivity index (χ4n) is 4.17. The van der Waals surface area contributed by atoms with Gasteiger partial charge >= 0.3 is 6.03 Å². The molecule has 168 valence electrons. The van der Waals surface area contributed by atoms with Crippen molar-refractivity contribution in [2.75, 3.05) is 21.3 Å². The van der Waals surface area contributed by atoms with Crippen LogP contribution in [-0.2, 0) is 16.8 Å². The van der Waals surface area contributed by atoms with E-state index < -0.39 is 23.1 Å². The summed E-state index contributed by atoms with van der Waals surface area (Å²) in [6.07, 6.45) is 3.04. The summed E-state index contributed by atoms with van der Waals surface area (Å²) in [6, 6.07) is 7.65. The van der Waals surface area contributed by atoms with Crippen LogP contribution in [0.2, 0.25) is 0 Å². The van der Waals surface area contributed by atoms with E-state index in [4.69, 9.17) is 5.73 Å². The van der Waals surface area contributed by atoms with E-state index in [1.54, 1.807) is 29.3 Å². The second-order valence-corrected chi connectivity index (χ2v) is 8.28. The number of urea groups is 1. The fraction of sp³-hybridized carbons (Fsp3) is 0.217. The maximum Gasteiger partial charge on any atom is 0.323 e. The zero-order valence-electron chi connectivity index (χ0n) is 17.7. The van der Waals surface area contributed by atoms with Gasteiger partial charge in [0.05, 0.1) is 17.7 Å². The summed E-state index contributed by atoms with van der Waals surface area (Å²) >= 11 is 0. The van der Waals surface area contributed by atoms with Gasteiger partial charge in [-0.15, -0.1) is 0 Å². The molecule has 2 heterocycles. The molecule has 1 aromatic heterocycles. The molecule has 1 aliphatic heterocycles. The van der Waals surface area contributed by atoms with Crippen LogP contribution in [-0.4, -0.2) is 21.9 Å². The van der Waals surface area contributed by atoms with Crippen molar-refractivity contribution < 1.29 is 18.4 Å². The third-order valence-corrected chi connectivity index (χ3v) is 6.00. The molecule has 2 aliphatic rings. The standard InChI is InChI=1S/C23H20F2N6O2/c1-12-2-3-15(29-22(33)28-14-4-5-16(24)17(25)8-14)9-18(12)31-11-13-10-27-21(26)30-19(13)23(6-7-23)20(31)32/h2-5,8-10H,6-7,11H2,1H3,(H2,26,27,30)(H2,28,29,33). The molecule has 5 rings (SSSR count). The Labute approximate surface area is 187 Å². The third kappa shape index (κ3) is 3.63. The van der Waals surface area contributed by atoms with Crippen molar-refractivity contribution in [3.8, 4) is 0 Å². The van der Waals surface area contributed by atoms with Gasteiger partial charge in [0.2, 0.25) is 11.9 Å². The number of hydrogen-bond acceptors (Lipinski definition) is 5. The van der Waals surface area contributed by atoms with E-state index in [0.29, 0.717) is 36.5 Å². The minimum atomic E-state index is -1.06. The minimum absolute atomic E-state index is 0.0559. The monoisotopic (exact) mass is 450 g/mol. The molecule has 3 amide bonds. The van der Waals surface area contributed by atoms with Crippen LogP contribution >= 0.6 is 0 Å². The first-order valence-electron chi connectivity index (χ1n) is 10.3. The van der Waals surface area contributed by atoms with Crippen molar-refractivity contribution in [1.82, 2.24) is 9.97 Å². The van der Waals surface area contributed by atoms with Gasteiger partial charge in [0.1, 0.15) is 0 Å². The van der Waals surface area contributed by atoms with Crippen molar-refractivity contribution in [3.05, 3.63) is 71.1 Å². The predicted octanol–water partition coefficient (Wildman–Crippen LogP) is 3.87. The van der Waals surface area contributed by atoms with E-state index in [1.807, 2.05) is 6.92 Å². The van der Waals surface area contributed by atoms with Crippen LogP contribution in [0, 0.1) is 18.6 Å². The molecule has 1 saturated carbocycles. The van der Waals surface area contributed by atoms with Gasteiger partial charge in [-0.05, 0) is 49.6 Å². The highest BCUT2D eigenvalue weighted by Crippen LogP contribution is 2.53. The number of aryl methyl sites for hydroxylation is 1. The zero-order valence-corrected chi connectivity index (χ0v) is 17.7. The van der Waals surface area contributed by atoms with E-state index in [9.17, 15) is 18.4 Å². The molecule has 0 bridgehead atoms. The highest BCUT2D eigenvalue weighted by molar-refractivity contribution is 6.06. The maximum atomic E-state index is 13.4. The molecule has 33 heavy (non-hydrogen) atoms. The van der Waals surface area contributed by atoms with Crippen LogP contribution in [0.4, 0.5) is 36.6 Å². The lowest BCUT2D eigenvalue weighted by molar-refractivity contribution is -0.121. The minimum Gasteiger partial charge on any atom is -0.368 e. The number of nitrogens with zero attached hydrogens (tertiary/aromatic N) is 3. The first kappa shape index (κ1) is 20.8. The molecule has 10 heteroatoms. The number of rotatable bonds is 3. The van der Waals surface area contributed by atoms with Crippen LogP contribution in [0.3, 0.4) is 0 Å². The SMILES string of the molecule is Cc1ccc(NC(=O)Nc2ccc(F)c(F)c2)cc1N1Cc2cnc(N)nc2C2(CC2)C1=O. The zero-order chi connectivity index (χ0) is 23.3. The number of anilines is 4. The van der Waals surface area contributed by atoms with Gasteiger partial charge in [0.15, 0.2) is 11.6 Å². The number of halogens is 2. The molecule has 1 spiro atoms. The highest BCUT2D eigenvalue weighted by Gasteiger charge is 2.58. The van der Waals surface area contributed by atoms with Gasteiger partial charge in [0, 0.05) is 34.9 Å². The van der Waals surface area contributed by atoms with Gasteiger partial charge < -0.3 is 21.3 Å². The number of benzene rings is 2. The Kier molecular flexibility index (Phi) is 4.73. The third-order valence-electron chi connectivity index (χ3n) is 6.00. The number of amides is 3. The smallest absolute Gasteiger partial charge is 0.323 e. The Morgan fingerprint density at radius 1 is 1.09 bits per heavy atom. The molecule has 0 unspecified atom stereocenters. The lowest BCUT2D eigenvalue weighted by Gasteiger charge is -2.34. The number of carbonyl (C=O) groups is 2. The Bertz CT molecular complexity index is 1310. The highest BCUT2D eigenvalue weighted by atomic mass is 19.2. The molecule has 0 atom stereocenters. The van der Waals surface area contributed by atoms with E-state index in [-0.39, 0.29) is 17.5 Å². The van der Waals surface area contributed by atoms with Gasteiger partial charge in [-0.2, -0.15) is 0 Å². The number of carbonyl (C=O) groups excluding carboxylic acids is 2. The molecule has 3 aromatic rings. The predicted molar refractivity (Wildman–Crippen MR) is 119 cm³/mol. The summed E-state index contributed by atoms with van der Waals surface area (Å²) in [5, 5.41) is 5.12. The molecular weight excluding hydrogens is 430 g/mol. The molecule has 8 nitrogen and oxygen atoms in total. The number of hydrogen-bond donors (Lipinski definition) is 3. The number of nitrogens with one attached hydrogen (secondary N) is 2. The van der Waals surface area contributed by atoms with E-state index in [0.717, 1.165) is 23.3 Å². The molecule has 2 aromatic carbocycles. The van der Waals surface area contributed by atoms with Gasteiger partial charge in [-0.3, -0.25) is 4.79 Å². The average Bonchev–Trinajstić information content (AvgIpc) is 3.57. The number of aromatic nitrogens is 2. The summed E-state index contributed by atoms with van der Waals surface area (Å²) in [4.78, 5) is 35.9. The van der Waals surface area contributed by atoms with E-state index >= 15 is 0 Å². The van der Waals surface area contributed by atoms with Gasteiger partial charge in [0.25, 0.3) is 0 Å². The first-order valence-corrected chi connectivity index (χ1v) is 10.3. The molecule has 4 N–H and O–H groups in total. The second-order valence-electron chi connectivity index (χ2n) is 8.28. The average molecular weight is 450 g/mol. The Hall–Kier alpha value is -4.08. The lowest BCUT2D eigenvalue weighted by Crippen LogP contribution is -2.45. The largest absolute Gasteiger partial charge is 0.368 e. The van der Waals surface area contributed by atoms with E-state index in [1.165, 1.54) is 6.07 Å². The normalized spacial score (nSPS) is 15.8. The van der Waals surface area contributed by atoms with Crippen molar-refractivity contribution in [2.24, 2.45) is 0 Å². The van der Waals surface area contributed by atoms with Crippen molar-refractivity contribution in [2.45, 2.75) is 31.7 Å². The molecule has 1 fully saturated rings. The van der Waals surface area contributed by atoms with Gasteiger partial charge in [-0.1, -0.05) is 6.07 Å². The summed E-state index contributed by atoms with van der Waals surface area (Å²) in [7, 11) is 0.